The Kier molecular flexibility index (Phi) is 5.00. The van der Waals surface area contributed by atoms with Gasteiger partial charge in [0.15, 0.2) is 5.58 Å². The molecule has 0 bridgehead atoms. The zero-order chi connectivity index (χ0) is 29.5. The van der Waals surface area contributed by atoms with E-state index in [1.807, 2.05) is 12.1 Å². The minimum absolute atomic E-state index is 0.866. The van der Waals surface area contributed by atoms with Crippen molar-refractivity contribution in [1.82, 2.24) is 4.57 Å². The predicted octanol–water partition coefficient (Wildman–Crippen LogP) is 11.9. The average Bonchev–Trinajstić information content (AvgIpc) is 3.78. The highest BCUT2D eigenvalue weighted by atomic mass is 16.3. The number of hydrogen-bond donors (Lipinski definition) is 0. The fourth-order valence-corrected chi connectivity index (χ4v) is 7.27. The lowest BCUT2D eigenvalue weighted by Gasteiger charge is -2.10. The number of para-hydroxylation sites is 3. The molecule has 0 fully saturated rings. The Labute approximate surface area is 258 Å². The zero-order valence-electron chi connectivity index (χ0n) is 24.2. The number of aromatic nitrogens is 1. The van der Waals surface area contributed by atoms with Crippen molar-refractivity contribution in [2.45, 2.75) is 0 Å². The van der Waals surface area contributed by atoms with E-state index >= 15 is 0 Å². The average molecular weight is 576 g/mol. The van der Waals surface area contributed by atoms with Gasteiger partial charge in [-0.15, -0.1) is 0 Å². The van der Waals surface area contributed by atoms with Gasteiger partial charge in [-0.2, -0.15) is 0 Å². The zero-order valence-corrected chi connectivity index (χ0v) is 24.2. The molecule has 0 spiro atoms. The van der Waals surface area contributed by atoms with Crippen LogP contribution in [0.3, 0.4) is 0 Å². The molecule has 0 radical (unpaired) electrons. The molecule has 0 saturated carbocycles. The molecule has 10 rings (SSSR count). The van der Waals surface area contributed by atoms with Crippen LogP contribution in [-0.4, -0.2) is 4.57 Å². The summed E-state index contributed by atoms with van der Waals surface area (Å²) in [4.78, 5) is 0. The molecule has 3 heterocycles. The SMILES string of the molecule is c1ccc(-c2ccc3c4ccccc4n(-c4cccc5c4oc4cccc(-c6cccc7oc8ccccc8c67)c45)c3c2)cc1. The quantitative estimate of drug-likeness (QED) is 0.210. The summed E-state index contributed by atoms with van der Waals surface area (Å²) in [6.45, 7) is 0. The van der Waals surface area contributed by atoms with E-state index in [0.717, 1.165) is 71.7 Å². The molecule has 3 aromatic heterocycles. The summed E-state index contributed by atoms with van der Waals surface area (Å²) in [5.41, 5.74) is 11.5. The van der Waals surface area contributed by atoms with Gasteiger partial charge in [-0.3, -0.25) is 0 Å². The first-order valence-corrected chi connectivity index (χ1v) is 15.3. The molecule has 3 nitrogen and oxygen atoms in total. The molecule has 45 heavy (non-hydrogen) atoms. The maximum atomic E-state index is 6.82. The van der Waals surface area contributed by atoms with Crippen LogP contribution in [0.15, 0.2) is 160 Å². The van der Waals surface area contributed by atoms with Crippen molar-refractivity contribution in [1.29, 1.82) is 0 Å². The van der Waals surface area contributed by atoms with E-state index in [9.17, 15) is 0 Å². The third kappa shape index (κ3) is 3.46. The summed E-state index contributed by atoms with van der Waals surface area (Å²) >= 11 is 0. The van der Waals surface area contributed by atoms with E-state index in [0.29, 0.717) is 0 Å². The molecule has 10 aromatic rings. The van der Waals surface area contributed by atoms with Gasteiger partial charge in [0.05, 0.1) is 16.7 Å². The van der Waals surface area contributed by atoms with E-state index < -0.39 is 0 Å². The first-order valence-electron chi connectivity index (χ1n) is 15.3. The van der Waals surface area contributed by atoms with Gasteiger partial charge >= 0.3 is 0 Å². The van der Waals surface area contributed by atoms with Crippen molar-refractivity contribution in [3.05, 3.63) is 152 Å². The summed E-state index contributed by atoms with van der Waals surface area (Å²) in [7, 11) is 0. The molecule has 3 heteroatoms. The number of rotatable bonds is 3. The minimum atomic E-state index is 0.866. The second kappa shape index (κ2) is 9.22. The van der Waals surface area contributed by atoms with Crippen molar-refractivity contribution in [2.75, 3.05) is 0 Å². The number of furan rings is 2. The van der Waals surface area contributed by atoms with E-state index in [-0.39, 0.29) is 0 Å². The standard InChI is InChI=1S/C42H25NO2/c1-2-11-26(12-3-1)27-23-24-29-28-13-4-6-18-34(28)43(36(29)25-27)35-19-8-17-33-41-31(16-10-22-39(41)45-42(33)35)30-15-9-21-38-40(30)32-14-5-7-20-37(32)44-38/h1-25H. The highest BCUT2D eigenvalue weighted by molar-refractivity contribution is 6.20. The van der Waals surface area contributed by atoms with Crippen LogP contribution < -0.4 is 0 Å². The van der Waals surface area contributed by atoms with Crippen LogP contribution in [0.5, 0.6) is 0 Å². The van der Waals surface area contributed by atoms with E-state index in [4.69, 9.17) is 8.83 Å². The number of nitrogens with zero attached hydrogens (tertiary/aromatic N) is 1. The highest BCUT2D eigenvalue weighted by Gasteiger charge is 2.21. The van der Waals surface area contributed by atoms with Gasteiger partial charge in [-0.25, -0.2) is 0 Å². The van der Waals surface area contributed by atoms with Gasteiger partial charge in [0.1, 0.15) is 16.7 Å². The maximum absolute atomic E-state index is 6.82. The Morgan fingerprint density at radius 1 is 0.378 bits per heavy atom. The van der Waals surface area contributed by atoms with E-state index in [1.54, 1.807) is 0 Å². The third-order valence-electron chi connectivity index (χ3n) is 9.22. The van der Waals surface area contributed by atoms with Crippen LogP contribution >= 0.6 is 0 Å². The minimum Gasteiger partial charge on any atom is -0.456 e. The van der Waals surface area contributed by atoms with Crippen LogP contribution in [0.2, 0.25) is 0 Å². The lowest BCUT2D eigenvalue weighted by molar-refractivity contribution is 0.666. The Balaban J connectivity index is 1.28. The molecule has 0 aliphatic carbocycles. The van der Waals surface area contributed by atoms with Crippen LogP contribution in [0.25, 0.3) is 93.6 Å². The monoisotopic (exact) mass is 575 g/mol. The van der Waals surface area contributed by atoms with Crippen LogP contribution in [0, 0.1) is 0 Å². The highest BCUT2D eigenvalue weighted by Crippen LogP contribution is 2.44. The van der Waals surface area contributed by atoms with Gasteiger partial charge in [-0.1, -0.05) is 115 Å². The summed E-state index contributed by atoms with van der Waals surface area (Å²) in [5.74, 6) is 0. The molecule has 0 atom stereocenters. The lowest BCUT2D eigenvalue weighted by Crippen LogP contribution is -1.94. The lowest BCUT2D eigenvalue weighted by atomic mass is 9.95. The molecule has 0 amide bonds. The molecule has 0 saturated heterocycles. The normalized spacial score (nSPS) is 12.0. The van der Waals surface area contributed by atoms with E-state index in [2.05, 4.69) is 144 Å². The Bertz CT molecular complexity index is 2760. The van der Waals surface area contributed by atoms with Gasteiger partial charge in [0.2, 0.25) is 0 Å². The van der Waals surface area contributed by atoms with Crippen molar-refractivity contribution >= 4 is 65.7 Å². The summed E-state index contributed by atoms with van der Waals surface area (Å²) in [5, 5.41) is 6.89. The van der Waals surface area contributed by atoms with Crippen molar-refractivity contribution < 1.29 is 8.83 Å². The first-order chi connectivity index (χ1) is 22.3. The second-order valence-electron chi connectivity index (χ2n) is 11.7. The number of hydrogen-bond acceptors (Lipinski definition) is 2. The number of benzene rings is 7. The Morgan fingerprint density at radius 3 is 1.84 bits per heavy atom. The fraction of sp³-hybridized carbons (Fsp3) is 0. The van der Waals surface area contributed by atoms with Crippen molar-refractivity contribution in [3.8, 4) is 27.9 Å². The van der Waals surface area contributed by atoms with Crippen molar-refractivity contribution in [2.24, 2.45) is 0 Å². The Hall–Kier alpha value is -6.06. The van der Waals surface area contributed by atoms with Gasteiger partial charge in [-0.05, 0) is 58.7 Å². The third-order valence-corrected chi connectivity index (χ3v) is 9.22. The topological polar surface area (TPSA) is 31.2 Å². The maximum Gasteiger partial charge on any atom is 0.159 e. The molecule has 210 valence electrons. The smallest absolute Gasteiger partial charge is 0.159 e. The van der Waals surface area contributed by atoms with Crippen LogP contribution in [-0.2, 0) is 0 Å². The molecule has 0 unspecified atom stereocenters. The van der Waals surface area contributed by atoms with E-state index in [1.165, 1.54) is 21.9 Å². The molecule has 7 aromatic carbocycles. The van der Waals surface area contributed by atoms with Gasteiger partial charge in [0, 0.05) is 32.3 Å². The molecular weight excluding hydrogens is 550 g/mol. The summed E-state index contributed by atoms with van der Waals surface area (Å²) in [6.07, 6.45) is 0. The molecular formula is C42H25NO2. The summed E-state index contributed by atoms with van der Waals surface area (Å²) < 4.78 is 15.4. The Morgan fingerprint density at radius 2 is 1.00 bits per heavy atom. The van der Waals surface area contributed by atoms with Crippen LogP contribution in [0.1, 0.15) is 0 Å². The van der Waals surface area contributed by atoms with Crippen molar-refractivity contribution in [3.63, 3.8) is 0 Å². The summed E-state index contributed by atoms with van der Waals surface area (Å²) in [6, 6.07) is 53.5. The second-order valence-corrected chi connectivity index (χ2v) is 11.7. The predicted molar refractivity (Wildman–Crippen MR) is 186 cm³/mol. The largest absolute Gasteiger partial charge is 0.456 e. The van der Waals surface area contributed by atoms with Gasteiger partial charge in [0.25, 0.3) is 0 Å². The van der Waals surface area contributed by atoms with Crippen LogP contribution in [0.4, 0.5) is 0 Å². The molecule has 0 N–H and O–H groups in total. The molecule has 0 aliphatic rings. The number of fused-ring (bicyclic) bond motifs is 9. The molecule has 0 aliphatic heterocycles. The van der Waals surface area contributed by atoms with Gasteiger partial charge < -0.3 is 13.4 Å². The fourth-order valence-electron chi connectivity index (χ4n) is 7.27. The first kappa shape index (κ1) is 24.4.